The molecule has 0 aliphatic carbocycles. The van der Waals surface area contributed by atoms with E-state index in [0.29, 0.717) is 28.5 Å². The van der Waals surface area contributed by atoms with Crippen molar-refractivity contribution < 1.29 is 4.79 Å². The zero-order chi connectivity index (χ0) is 25.9. The molecule has 5 aromatic rings. The first-order valence-corrected chi connectivity index (χ1v) is 14.4. The van der Waals surface area contributed by atoms with Gasteiger partial charge in [0.1, 0.15) is 4.83 Å². The molecule has 1 saturated heterocycles. The second-order valence-corrected chi connectivity index (χ2v) is 10.9. The van der Waals surface area contributed by atoms with Gasteiger partial charge in [-0.2, -0.15) is 0 Å². The van der Waals surface area contributed by atoms with E-state index in [1.54, 1.807) is 4.57 Å². The normalized spacial score (nSPS) is 13.7. The summed E-state index contributed by atoms with van der Waals surface area (Å²) >= 11 is 2.79. The second kappa shape index (κ2) is 10.8. The van der Waals surface area contributed by atoms with Crippen molar-refractivity contribution in [3.05, 3.63) is 107 Å². The number of fused-ring (bicyclic) bond motifs is 1. The van der Waals surface area contributed by atoms with Crippen LogP contribution in [-0.2, 0) is 4.79 Å². The molecule has 38 heavy (non-hydrogen) atoms. The highest BCUT2D eigenvalue weighted by Crippen LogP contribution is 2.33. The fourth-order valence-corrected chi connectivity index (χ4v) is 6.68. The second-order valence-electron chi connectivity index (χ2n) is 9.06. The van der Waals surface area contributed by atoms with Crippen LogP contribution in [0.3, 0.4) is 0 Å². The lowest BCUT2D eigenvalue weighted by atomic mass is 10.1. The molecule has 8 heteroatoms. The third-order valence-corrected chi connectivity index (χ3v) is 8.55. The number of thiophene rings is 1. The predicted molar refractivity (Wildman–Crippen MR) is 157 cm³/mol. The molecule has 1 amide bonds. The van der Waals surface area contributed by atoms with Gasteiger partial charge < -0.3 is 9.80 Å². The van der Waals surface area contributed by atoms with Crippen LogP contribution in [-0.4, -0.2) is 52.3 Å². The minimum absolute atomic E-state index is 0.0628. The Morgan fingerprint density at radius 2 is 1.42 bits per heavy atom. The predicted octanol–water partition coefficient (Wildman–Crippen LogP) is 5.56. The van der Waals surface area contributed by atoms with Crippen LogP contribution in [0.4, 0.5) is 5.69 Å². The zero-order valence-electron chi connectivity index (χ0n) is 20.7. The number of piperazine rings is 1. The highest BCUT2D eigenvalue weighted by molar-refractivity contribution is 7.99. The van der Waals surface area contributed by atoms with E-state index in [1.807, 2.05) is 89.1 Å². The number of amides is 1. The van der Waals surface area contributed by atoms with E-state index in [2.05, 4.69) is 17.0 Å². The first-order valence-electron chi connectivity index (χ1n) is 12.5. The quantitative estimate of drug-likeness (QED) is 0.209. The Labute approximate surface area is 229 Å². The first kappa shape index (κ1) is 24.5. The summed E-state index contributed by atoms with van der Waals surface area (Å²) in [6.07, 6.45) is 0. The number of aromatic nitrogens is 2. The van der Waals surface area contributed by atoms with Crippen molar-refractivity contribution in [1.29, 1.82) is 0 Å². The largest absolute Gasteiger partial charge is 0.368 e. The standard InChI is InChI=1S/C30H26N4O2S2/c35-26(33-18-16-32(17-19-33)23-12-6-2-7-13-23)21-38-30-31-28-27(25(20-37-28)22-10-4-1-5-11-22)29(36)34(30)24-14-8-3-9-15-24/h1-15,20H,16-19,21H2. The fourth-order valence-electron chi connectivity index (χ4n) is 4.77. The molecule has 0 N–H and O–H groups in total. The third kappa shape index (κ3) is 4.85. The van der Waals surface area contributed by atoms with E-state index in [9.17, 15) is 9.59 Å². The summed E-state index contributed by atoms with van der Waals surface area (Å²) in [5.41, 5.74) is 3.68. The van der Waals surface area contributed by atoms with Gasteiger partial charge in [0.2, 0.25) is 5.91 Å². The molecule has 1 fully saturated rings. The van der Waals surface area contributed by atoms with Gasteiger partial charge in [-0.15, -0.1) is 11.3 Å². The molecular formula is C30H26N4O2S2. The Balaban J connectivity index is 1.26. The molecule has 0 atom stereocenters. The molecule has 0 spiro atoms. The molecule has 1 aliphatic heterocycles. The minimum Gasteiger partial charge on any atom is -0.368 e. The number of carbonyl (C=O) groups excluding carboxylic acids is 1. The highest BCUT2D eigenvalue weighted by atomic mass is 32.2. The Morgan fingerprint density at radius 3 is 2.08 bits per heavy atom. The van der Waals surface area contributed by atoms with Crippen LogP contribution < -0.4 is 10.5 Å². The summed E-state index contributed by atoms with van der Waals surface area (Å²) in [4.78, 5) is 36.9. The van der Waals surface area contributed by atoms with Crippen molar-refractivity contribution in [2.24, 2.45) is 0 Å². The van der Waals surface area contributed by atoms with Gasteiger partial charge in [0.15, 0.2) is 5.16 Å². The molecule has 0 saturated carbocycles. The van der Waals surface area contributed by atoms with Crippen molar-refractivity contribution in [2.45, 2.75) is 5.16 Å². The summed E-state index contributed by atoms with van der Waals surface area (Å²) in [6, 6.07) is 29.7. The number of rotatable bonds is 6. The highest BCUT2D eigenvalue weighted by Gasteiger charge is 2.23. The number of thioether (sulfide) groups is 1. The molecule has 0 bridgehead atoms. The number of para-hydroxylation sites is 2. The Hall–Kier alpha value is -3.88. The van der Waals surface area contributed by atoms with Crippen molar-refractivity contribution in [2.75, 3.05) is 36.8 Å². The van der Waals surface area contributed by atoms with Crippen molar-refractivity contribution in [1.82, 2.24) is 14.5 Å². The lowest BCUT2D eigenvalue weighted by molar-refractivity contribution is -0.128. The summed E-state index contributed by atoms with van der Waals surface area (Å²) in [5, 5.41) is 3.14. The zero-order valence-corrected chi connectivity index (χ0v) is 22.3. The average Bonchev–Trinajstić information content (AvgIpc) is 3.42. The number of hydrogen-bond acceptors (Lipinski definition) is 6. The Morgan fingerprint density at radius 1 is 0.816 bits per heavy atom. The maximum Gasteiger partial charge on any atom is 0.268 e. The van der Waals surface area contributed by atoms with Crippen LogP contribution in [0.1, 0.15) is 0 Å². The summed E-state index contributed by atoms with van der Waals surface area (Å²) < 4.78 is 1.65. The average molecular weight is 539 g/mol. The number of carbonyl (C=O) groups is 1. The van der Waals surface area contributed by atoms with Crippen LogP contribution >= 0.6 is 23.1 Å². The smallest absolute Gasteiger partial charge is 0.268 e. The molecule has 1 aliphatic rings. The van der Waals surface area contributed by atoms with Gasteiger partial charge in [-0.25, -0.2) is 4.98 Å². The SMILES string of the molecule is O=C(CSc1nc2scc(-c3ccccc3)c2c(=O)n1-c1ccccc1)N1CCN(c2ccccc2)CC1. The maximum absolute atomic E-state index is 13.9. The van der Waals surface area contributed by atoms with E-state index in [4.69, 9.17) is 4.98 Å². The minimum atomic E-state index is -0.118. The number of anilines is 1. The summed E-state index contributed by atoms with van der Waals surface area (Å²) in [5.74, 6) is 0.292. The van der Waals surface area contributed by atoms with Gasteiger partial charge in [0.25, 0.3) is 5.56 Å². The van der Waals surface area contributed by atoms with Crippen LogP contribution in [0.5, 0.6) is 0 Å². The molecular weight excluding hydrogens is 512 g/mol. The van der Waals surface area contributed by atoms with E-state index in [0.717, 1.165) is 29.9 Å². The molecule has 0 radical (unpaired) electrons. The van der Waals surface area contributed by atoms with Gasteiger partial charge in [0, 0.05) is 42.8 Å². The molecule has 6 nitrogen and oxygen atoms in total. The lowest BCUT2D eigenvalue weighted by Gasteiger charge is -2.36. The van der Waals surface area contributed by atoms with E-state index < -0.39 is 0 Å². The molecule has 0 unspecified atom stereocenters. The molecule has 3 aromatic carbocycles. The van der Waals surface area contributed by atoms with Crippen LogP contribution in [0, 0.1) is 0 Å². The third-order valence-electron chi connectivity index (χ3n) is 6.75. The monoisotopic (exact) mass is 538 g/mol. The molecule has 190 valence electrons. The molecule has 6 rings (SSSR count). The van der Waals surface area contributed by atoms with Gasteiger partial charge in [-0.3, -0.25) is 14.2 Å². The van der Waals surface area contributed by atoms with Crippen molar-refractivity contribution >= 4 is 44.9 Å². The van der Waals surface area contributed by atoms with Gasteiger partial charge >= 0.3 is 0 Å². The number of nitrogens with zero attached hydrogens (tertiary/aromatic N) is 4. The Kier molecular flexibility index (Phi) is 6.98. The maximum atomic E-state index is 13.9. The van der Waals surface area contributed by atoms with E-state index in [-0.39, 0.29) is 17.2 Å². The van der Waals surface area contributed by atoms with E-state index in [1.165, 1.54) is 28.8 Å². The van der Waals surface area contributed by atoms with Crippen LogP contribution in [0.2, 0.25) is 0 Å². The van der Waals surface area contributed by atoms with Crippen molar-refractivity contribution in [3.8, 4) is 16.8 Å². The van der Waals surface area contributed by atoms with Gasteiger partial charge in [0.05, 0.1) is 16.8 Å². The molecule has 2 aromatic heterocycles. The van der Waals surface area contributed by atoms with Crippen molar-refractivity contribution in [3.63, 3.8) is 0 Å². The molecule has 3 heterocycles. The fraction of sp³-hybridized carbons (Fsp3) is 0.167. The van der Waals surface area contributed by atoms with Crippen LogP contribution in [0.25, 0.3) is 27.0 Å². The number of benzene rings is 3. The first-order chi connectivity index (χ1) is 18.7. The summed E-state index contributed by atoms with van der Waals surface area (Å²) in [7, 11) is 0. The topological polar surface area (TPSA) is 58.4 Å². The van der Waals surface area contributed by atoms with E-state index >= 15 is 0 Å². The van der Waals surface area contributed by atoms with Gasteiger partial charge in [-0.1, -0.05) is 78.5 Å². The number of hydrogen-bond donors (Lipinski definition) is 0. The summed E-state index contributed by atoms with van der Waals surface area (Å²) in [6.45, 7) is 2.96. The lowest BCUT2D eigenvalue weighted by Crippen LogP contribution is -2.49. The van der Waals surface area contributed by atoms with Gasteiger partial charge in [-0.05, 0) is 29.8 Å². The Bertz CT molecular complexity index is 1610. The van der Waals surface area contributed by atoms with Crippen LogP contribution in [0.15, 0.2) is 106 Å².